The summed E-state index contributed by atoms with van der Waals surface area (Å²) < 4.78 is 21.1. The van der Waals surface area contributed by atoms with Crippen molar-refractivity contribution in [2.45, 2.75) is 13.0 Å². The van der Waals surface area contributed by atoms with Gasteiger partial charge in [0.25, 0.3) is 0 Å². The van der Waals surface area contributed by atoms with Crippen molar-refractivity contribution in [2.75, 3.05) is 53.2 Å². The van der Waals surface area contributed by atoms with Gasteiger partial charge < -0.3 is 24.3 Å². The minimum absolute atomic E-state index is 0.250. The Bertz CT molecular complexity index is 399. The second-order valence-electron chi connectivity index (χ2n) is 4.84. The number of likely N-dealkylation sites (N-methyl/N-ethyl adjacent to an activating group) is 1. The highest BCUT2D eigenvalue weighted by Gasteiger charge is 2.03. The first kappa shape index (κ1) is 19.6. The zero-order valence-corrected chi connectivity index (χ0v) is 13.8. The van der Waals surface area contributed by atoms with Gasteiger partial charge in [0.05, 0.1) is 46.1 Å². The molecule has 1 aromatic rings. The molecule has 6 nitrogen and oxygen atoms in total. The Labute approximate surface area is 138 Å². The number of esters is 1. The van der Waals surface area contributed by atoms with E-state index in [-0.39, 0.29) is 12.4 Å². The van der Waals surface area contributed by atoms with Crippen molar-refractivity contribution in [3.63, 3.8) is 0 Å². The monoisotopic (exact) mass is 325 g/mol. The second kappa shape index (κ2) is 14.1. The summed E-state index contributed by atoms with van der Waals surface area (Å²) in [5.41, 5.74) is 0.979. The third kappa shape index (κ3) is 11.7. The number of carbonyl (C=O) groups is 1. The summed E-state index contributed by atoms with van der Waals surface area (Å²) >= 11 is 0. The van der Waals surface area contributed by atoms with Crippen LogP contribution in [0.3, 0.4) is 0 Å². The zero-order chi connectivity index (χ0) is 16.6. The maximum absolute atomic E-state index is 11.5. The van der Waals surface area contributed by atoms with Gasteiger partial charge in [-0.25, -0.2) is 0 Å². The van der Waals surface area contributed by atoms with E-state index in [1.807, 2.05) is 37.4 Å². The van der Waals surface area contributed by atoms with Gasteiger partial charge in [-0.15, -0.1) is 0 Å². The molecule has 0 saturated carbocycles. The van der Waals surface area contributed by atoms with Crippen molar-refractivity contribution in [3.05, 3.63) is 35.9 Å². The third-order valence-corrected chi connectivity index (χ3v) is 2.93. The first-order valence-electron chi connectivity index (χ1n) is 7.90. The van der Waals surface area contributed by atoms with Crippen LogP contribution in [0.15, 0.2) is 30.3 Å². The summed E-state index contributed by atoms with van der Waals surface area (Å²) in [5, 5.41) is 3.00. The molecule has 0 amide bonds. The Morgan fingerprint density at radius 3 is 2.17 bits per heavy atom. The lowest BCUT2D eigenvalue weighted by Gasteiger charge is -2.07. The predicted octanol–water partition coefficient (Wildman–Crippen LogP) is 1.39. The molecule has 1 aromatic carbocycles. The minimum atomic E-state index is -0.257. The Kier molecular flexibility index (Phi) is 12.0. The topological polar surface area (TPSA) is 66.0 Å². The van der Waals surface area contributed by atoms with E-state index in [0.29, 0.717) is 46.2 Å². The third-order valence-electron chi connectivity index (χ3n) is 2.93. The van der Waals surface area contributed by atoms with E-state index in [1.54, 1.807) is 0 Å². The van der Waals surface area contributed by atoms with Crippen molar-refractivity contribution in [1.29, 1.82) is 0 Å². The van der Waals surface area contributed by atoms with Crippen molar-refractivity contribution in [1.82, 2.24) is 5.32 Å². The molecular weight excluding hydrogens is 298 g/mol. The van der Waals surface area contributed by atoms with Gasteiger partial charge in [-0.05, 0) is 12.6 Å². The molecular formula is C17H27NO5. The van der Waals surface area contributed by atoms with Crippen molar-refractivity contribution in [2.24, 2.45) is 0 Å². The molecule has 0 aliphatic carbocycles. The van der Waals surface area contributed by atoms with Crippen LogP contribution in [0.5, 0.6) is 0 Å². The van der Waals surface area contributed by atoms with Crippen molar-refractivity contribution < 1.29 is 23.7 Å². The molecule has 130 valence electrons. The highest BCUT2D eigenvalue weighted by Crippen LogP contribution is 2.01. The predicted molar refractivity (Wildman–Crippen MR) is 87.2 cm³/mol. The van der Waals surface area contributed by atoms with Gasteiger partial charge in [-0.1, -0.05) is 30.3 Å². The van der Waals surface area contributed by atoms with Gasteiger partial charge in [0, 0.05) is 6.54 Å². The van der Waals surface area contributed by atoms with Crippen LogP contribution in [0, 0.1) is 0 Å². The number of ether oxygens (including phenoxy) is 4. The molecule has 0 heterocycles. The molecule has 0 bridgehead atoms. The first-order chi connectivity index (χ1) is 11.3. The van der Waals surface area contributed by atoms with E-state index in [4.69, 9.17) is 18.9 Å². The van der Waals surface area contributed by atoms with Gasteiger partial charge in [0.1, 0.15) is 6.61 Å². The van der Waals surface area contributed by atoms with Crippen molar-refractivity contribution in [3.8, 4) is 0 Å². The van der Waals surface area contributed by atoms with Gasteiger partial charge in [0.2, 0.25) is 0 Å². The van der Waals surface area contributed by atoms with Gasteiger partial charge in [-0.2, -0.15) is 0 Å². The summed E-state index contributed by atoms with van der Waals surface area (Å²) in [6, 6.07) is 9.60. The summed E-state index contributed by atoms with van der Waals surface area (Å²) in [5.74, 6) is -0.257. The average Bonchev–Trinajstić information content (AvgIpc) is 2.59. The van der Waals surface area contributed by atoms with Gasteiger partial charge >= 0.3 is 5.97 Å². The SMILES string of the molecule is CNCCOCCOCCOCCC(=O)OCc1ccccc1. The maximum Gasteiger partial charge on any atom is 0.308 e. The second-order valence-corrected chi connectivity index (χ2v) is 4.84. The van der Waals surface area contributed by atoms with Crippen LogP contribution < -0.4 is 5.32 Å². The minimum Gasteiger partial charge on any atom is -0.461 e. The normalized spacial score (nSPS) is 10.7. The van der Waals surface area contributed by atoms with E-state index >= 15 is 0 Å². The van der Waals surface area contributed by atoms with Crippen LogP contribution >= 0.6 is 0 Å². The fourth-order valence-corrected chi connectivity index (χ4v) is 1.68. The lowest BCUT2D eigenvalue weighted by molar-refractivity contribution is -0.146. The van der Waals surface area contributed by atoms with Crippen LogP contribution in [-0.4, -0.2) is 59.2 Å². The zero-order valence-electron chi connectivity index (χ0n) is 13.8. The van der Waals surface area contributed by atoms with Gasteiger partial charge in [-0.3, -0.25) is 4.79 Å². The van der Waals surface area contributed by atoms with E-state index in [9.17, 15) is 4.79 Å². The Morgan fingerprint density at radius 2 is 1.52 bits per heavy atom. The number of carbonyl (C=O) groups excluding carboxylic acids is 1. The van der Waals surface area contributed by atoms with Crippen LogP contribution in [0.4, 0.5) is 0 Å². The van der Waals surface area contributed by atoms with Gasteiger partial charge in [0.15, 0.2) is 0 Å². The van der Waals surface area contributed by atoms with E-state index in [0.717, 1.165) is 12.1 Å². The highest BCUT2D eigenvalue weighted by atomic mass is 16.5. The van der Waals surface area contributed by atoms with Crippen LogP contribution in [0.25, 0.3) is 0 Å². The molecule has 0 aliphatic heterocycles. The van der Waals surface area contributed by atoms with E-state index < -0.39 is 0 Å². The largest absolute Gasteiger partial charge is 0.461 e. The summed E-state index contributed by atoms with van der Waals surface area (Å²) in [4.78, 5) is 11.5. The Hall–Kier alpha value is -1.47. The number of hydrogen-bond donors (Lipinski definition) is 1. The highest BCUT2D eigenvalue weighted by molar-refractivity contribution is 5.69. The Balaban J connectivity index is 1.84. The number of benzene rings is 1. The van der Waals surface area contributed by atoms with Crippen LogP contribution in [-0.2, 0) is 30.3 Å². The Morgan fingerprint density at radius 1 is 0.913 bits per heavy atom. The van der Waals surface area contributed by atoms with Crippen LogP contribution in [0.2, 0.25) is 0 Å². The fraction of sp³-hybridized carbons (Fsp3) is 0.588. The summed E-state index contributed by atoms with van der Waals surface area (Å²) in [6.07, 6.45) is 0.250. The molecule has 23 heavy (non-hydrogen) atoms. The molecule has 0 saturated heterocycles. The quantitative estimate of drug-likeness (QED) is 0.412. The standard InChI is InChI=1S/C17H27NO5/c1-18-8-10-21-12-14-22-13-11-20-9-7-17(19)23-15-16-5-3-2-4-6-16/h2-6,18H,7-15H2,1H3. The first-order valence-corrected chi connectivity index (χ1v) is 7.90. The van der Waals surface area contributed by atoms with Crippen LogP contribution in [0.1, 0.15) is 12.0 Å². The lowest BCUT2D eigenvalue weighted by atomic mass is 10.2. The number of hydrogen-bond acceptors (Lipinski definition) is 6. The number of rotatable bonds is 14. The molecule has 0 aromatic heterocycles. The van der Waals surface area contributed by atoms with Crippen molar-refractivity contribution >= 4 is 5.97 Å². The molecule has 0 unspecified atom stereocenters. The summed E-state index contributed by atoms with van der Waals surface area (Å²) in [6.45, 7) is 4.24. The summed E-state index contributed by atoms with van der Waals surface area (Å²) in [7, 11) is 1.88. The molecule has 0 aliphatic rings. The average molecular weight is 325 g/mol. The molecule has 0 radical (unpaired) electrons. The fourth-order valence-electron chi connectivity index (χ4n) is 1.68. The molecule has 0 atom stereocenters. The van der Waals surface area contributed by atoms with E-state index in [2.05, 4.69) is 5.32 Å². The molecule has 1 rings (SSSR count). The van der Waals surface area contributed by atoms with E-state index in [1.165, 1.54) is 0 Å². The smallest absolute Gasteiger partial charge is 0.308 e. The molecule has 6 heteroatoms. The molecule has 1 N–H and O–H groups in total. The molecule has 0 fully saturated rings. The lowest BCUT2D eigenvalue weighted by Crippen LogP contribution is -2.17. The number of nitrogens with one attached hydrogen (secondary N) is 1. The maximum atomic E-state index is 11.5. The molecule has 0 spiro atoms.